The average Bonchev–Trinajstić information content (AvgIpc) is 2.96. The van der Waals surface area contributed by atoms with Crippen LogP contribution < -0.4 is 0 Å². The smallest absolute Gasteiger partial charge is 0.149 e. The molecule has 4 aromatic rings. The molecule has 3 nitrogen and oxygen atoms in total. The molecule has 3 heteroatoms. The van der Waals surface area contributed by atoms with E-state index in [0.29, 0.717) is 5.92 Å². The fourth-order valence-electron chi connectivity index (χ4n) is 4.25. The molecule has 0 saturated carbocycles. The first kappa shape index (κ1) is 20.8. The van der Waals surface area contributed by atoms with Crippen molar-refractivity contribution in [1.82, 2.24) is 14.4 Å². The summed E-state index contributed by atoms with van der Waals surface area (Å²) in [6, 6.07) is 9.15. The molecule has 2 heterocycles. The Hall–Kier alpha value is -2.42. The van der Waals surface area contributed by atoms with E-state index in [0.717, 1.165) is 28.0 Å². The van der Waals surface area contributed by atoms with Crippen molar-refractivity contribution in [2.45, 2.75) is 86.0 Å². The Morgan fingerprint density at radius 2 is 1.40 bits per heavy atom. The van der Waals surface area contributed by atoms with Crippen LogP contribution in [0.4, 0.5) is 0 Å². The van der Waals surface area contributed by atoms with Crippen LogP contribution in [0.3, 0.4) is 0 Å². The molecule has 2 aromatic heterocycles. The third-order valence-corrected chi connectivity index (χ3v) is 6.24. The Kier molecular flexibility index (Phi) is 4.54. The van der Waals surface area contributed by atoms with Gasteiger partial charge in [0.15, 0.2) is 0 Å². The van der Waals surface area contributed by atoms with Gasteiger partial charge in [0.05, 0.1) is 16.6 Å². The molecule has 0 bridgehead atoms. The van der Waals surface area contributed by atoms with E-state index in [4.69, 9.17) is 9.97 Å². The maximum absolute atomic E-state index is 5.29. The van der Waals surface area contributed by atoms with Crippen LogP contribution in [-0.2, 0) is 10.8 Å². The summed E-state index contributed by atoms with van der Waals surface area (Å²) in [6.45, 7) is 22.4. The fraction of sp³-hybridized carbons (Fsp3) is 0.481. The second-order valence-corrected chi connectivity index (χ2v) is 11.2. The lowest BCUT2D eigenvalue weighted by Gasteiger charge is -2.25. The van der Waals surface area contributed by atoms with E-state index in [2.05, 4.69) is 97.9 Å². The van der Waals surface area contributed by atoms with Gasteiger partial charge in [-0.1, -0.05) is 61.5 Å². The number of hydrogen-bond acceptors (Lipinski definition) is 2. The molecule has 0 atom stereocenters. The van der Waals surface area contributed by atoms with Gasteiger partial charge in [-0.25, -0.2) is 9.97 Å². The summed E-state index contributed by atoms with van der Waals surface area (Å²) in [5, 5.41) is 1.19. The zero-order valence-corrected chi connectivity index (χ0v) is 20.2. The molecule has 0 fully saturated rings. The summed E-state index contributed by atoms with van der Waals surface area (Å²) >= 11 is 0. The third kappa shape index (κ3) is 3.19. The minimum atomic E-state index is -0.103. The highest BCUT2D eigenvalue weighted by atomic mass is 15.1. The van der Waals surface area contributed by atoms with Gasteiger partial charge in [-0.3, -0.25) is 4.40 Å². The standard InChI is InChI=1S/C27H35N3/c1-15(2)19-13-18(26(5,6)7)14-21-23(19)24-28-20-11-16(3)17(4)12-22(20)30(24)25(29-21)27(8,9)10/h11-15H,1-10H3. The number of hydrogen-bond donors (Lipinski definition) is 0. The monoisotopic (exact) mass is 401 g/mol. The molecule has 0 radical (unpaired) electrons. The first-order valence-electron chi connectivity index (χ1n) is 11.1. The summed E-state index contributed by atoms with van der Waals surface area (Å²) in [5.74, 6) is 1.46. The number of aromatic nitrogens is 3. The van der Waals surface area contributed by atoms with Crippen molar-refractivity contribution in [3.63, 3.8) is 0 Å². The first-order valence-corrected chi connectivity index (χ1v) is 11.1. The second kappa shape index (κ2) is 6.54. The lowest BCUT2D eigenvalue weighted by molar-refractivity contribution is 0.542. The summed E-state index contributed by atoms with van der Waals surface area (Å²) in [6.07, 6.45) is 0. The summed E-state index contributed by atoms with van der Waals surface area (Å²) in [5.41, 5.74) is 9.50. The fourth-order valence-corrected chi connectivity index (χ4v) is 4.25. The van der Waals surface area contributed by atoms with Crippen LogP contribution in [0, 0.1) is 13.8 Å². The van der Waals surface area contributed by atoms with Crippen molar-refractivity contribution in [2.75, 3.05) is 0 Å². The molecule has 0 aliphatic heterocycles. The molecule has 0 saturated heterocycles. The van der Waals surface area contributed by atoms with Gasteiger partial charge in [-0.05, 0) is 65.6 Å². The van der Waals surface area contributed by atoms with E-state index in [1.165, 1.54) is 27.6 Å². The molecule has 0 N–H and O–H groups in total. The lowest BCUT2D eigenvalue weighted by atomic mass is 9.83. The van der Waals surface area contributed by atoms with Crippen molar-refractivity contribution in [3.05, 3.63) is 52.3 Å². The van der Waals surface area contributed by atoms with Crippen LogP contribution >= 0.6 is 0 Å². The molecule has 2 aromatic carbocycles. The molecular formula is C27H35N3. The Morgan fingerprint density at radius 1 is 0.767 bits per heavy atom. The van der Waals surface area contributed by atoms with Gasteiger partial charge < -0.3 is 0 Å². The van der Waals surface area contributed by atoms with Crippen molar-refractivity contribution in [3.8, 4) is 0 Å². The molecule has 0 amide bonds. The van der Waals surface area contributed by atoms with Crippen molar-refractivity contribution in [1.29, 1.82) is 0 Å². The van der Waals surface area contributed by atoms with E-state index >= 15 is 0 Å². The molecule has 30 heavy (non-hydrogen) atoms. The van der Waals surface area contributed by atoms with Crippen LogP contribution in [0.25, 0.3) is 27.6 Å². The zero-order chi connectivity index (χ0) is 22.2. The van der Waals surface area contributed by atoms with E-state index in [-0.39, 0.29) is 10.8 Å². The number of aryl methyl sites for hydroxylation is 2. The van der Waals surface area contributed by atoms with Crippen LogP contribution in [0.15, 0.2) is 24.3 Å². The molecule has 0 aliphatic rings. The van der Waals surface area contributed by atoms with Gasteiger partial charge in [-0.15, -0.1) is 0 Å². The molecule has 4 rings (SSSR count). The van der Waals surface area contributed by atoms with Gasteiger partial charge in [0.2, 0.25) is 0 Å². The van der Waals surface area contributed by atoms with E-state index in [9.17, 15) is 0 Å². The average molecular weight is 402 g/mol. The molecule has 0 spiro atoms. The molecule has 158 valence electrons. The van der Waals surface area contributed by atoms with Gasteiger partial charge in [-0.2, -0.15) is 0 Å². The predicted octanol–water partition coefficient (Wildman–Crippen LogP) is 7.37. The Labute approximate surface area is 180 Å². The normalized spacial score (nSPS) is 13.3. The first-order chi connectivity index (χ1) is 13.8. The van der Waals surface area contributed by atoms with Crippen LogP contribution in [0.2, 0.25) is 0 Å². The number of fused-ring (bicyclic) bond motifs is 5. The number of imidazole rings is 1. The largest absolute Gasteiger partial charge is 0.279 e. The minimum absolute atomic E-state index is 0.0713. The van der Waals surface area contributed by atoms with Crippen LogP contribution in [-0.4, -0.2) is 14.4 Å². The van der Waals surface area contributed by atoms with Gasteiger partial charge in [0.25, 0.3) is 0 Å². The van der Waals surface area contributed by atoms with E-state index in [1.54, 1.807) is 0 Å². The number of nitrogens with zero attached hydrogens (tertiary/aromatic N) is 3. The van der Waals surface area contributed by atoms with Gasteiger partial charge in [0.1, 0.15) is 11.5 Å². The topological polar surface area (TPSA) is 30.2 Å². The second-order valence-electron chi connectivity index (χ2n) is 11.2. The molecular weight excluding hydrogens is 366 g/mol. The van der Waals surface area contributed by atoms with Gasteiger partial charge in [0, 0.05) is 10.8 Å². The Morgan fingerprint density at radius 3 is 1.97 bits per heavy atom. The highest BCUT2D eigenvalue weighted by Gasteiger charge is 2.26. The maximum atomic E-state index is 5.29. The Balaban J connectivity index is 2.30. The third-order valence-electron chi connectivity index (χ3n) is 6.24. The van der Waals surface area contributed by atoms with E-state index < -0.39 is 0 Å². The molecule has 0 aliphatic carbocycles. The highest BCUT2D eigenvalue weighted by molar-refractivity contribution is 5.99. The Bertz CT molecular complexity index is 1290. The predicted molar refractivity (Wildman–Crippen MR) is 129 cm³/mol. The van der Waals surface area contributed by atoms with Crippen molar-refractivity contribution in [2.24, 2.45) is 0 Å². The number of benzene rings is 2. The quantitative estimate of drug-likeness (QED) is 0.333. The van der Waals surface area contributed by atoms with Crippen LogP contribution in [0.1, 0.15) is 89.4 Å². The zero-order valence-electron chi connectivity index (χ0n) is 20.2. The summed E-state index contributed by atoms with van der Waals surface area (Å²) in [7, 11) is 0. The van der Waals surface area contributed by atoms with Crippen LogP contribution in [0.5, 0.6) is 0 Å². The summed E-state index contributed by atoms with van der Waals surface area (Å²) < 4.78 is 2.31. The number of rotatable bonds is 1. The van der Waals surface area contributed by atoms with Crippen molar-refractivity contribution >= 4 is 27.6 Å². The maximum Gasteiger partial charge on any atom is 0.149 e. The summed E-state index contributed by atoms with van der Waals surface area (Å²) in [4.78, 5) is 10.5. The van der Waals surface area contributed by atoms with Crippen molar-refractivity contribution < 1.29 is 0 Å². The lowest BCUT2D eigenvalue weighted by Crippen LogP contribution is -2.20. The SMILES string of the molecule is Cc1cc2nc3c4c(C(C)C)cc(C(C)(C)C)cc4nc(C(C)(C)C)n3c2cc1C. The van der Waals surface area contributed by atoms with Gasteiger partial charge >= 0.3 is 0 Å². The van der Waals surface area contributed by atoms with E-state index in [1.807, 2.05) is 0 Å². The minimum Gasteiger partial charge on any atom is -0.279 e. The highest BCUT2D eigenvalue weighted by Crippen LogP contribution is 2.37. The molecule has 0 unspecified atom stereocenters.